The summed E-state index contributed by atoms with van der Waals surface area (Å²) in [6.45, 7) is 3.23. The second-order valence-corrected chi connectivity index (χ2v) is 5.63. The largest absolute Gasteiger partial charge is 0.385 e. The maximum absolute atomic E-state index is 11.4. The van der Waals surface area contributed by atoms with Gasteiger partial charge in [-0.1, -0.05) is 31.9 Å². The number of unbranched alkanes of at least 4 members (excludes halogenated alkanes) is 2. The molecule has 20 heavy (non-hydrogen) atoms. The molecule has 1 heterocycles. The van der Waals surface area contributed by atoms with Gasteiger partial charge in [-0.05, 0) is 30.5 Å². The molecule has 2 N–H and O–H groups in total. The molecule has 2 unspecified atom stereocenters. The number of hydrazone groups is 1. The van der Waals surface area contributed by atoms with E-state index < -0.39 is 0 Å². The third-order valence-electron chi connectivity index (χ3n) is 4.06. The van der Waals surface area contributed by atoms with Gasteiger partial charge in [0.2, 0.25) is 5.91 Å². The Morgan fingerprint density at radius 1 is 1.25 bits per heavy atom. The number of rotatable bonds is 6. The van der Waals surface area contributed by atoms with Crippen molar-refractivity contribution in [3.8, 4) is 0 Å². The van der Waals surface area contributed by atoms with Crippen molar-refractivity contribution in [1.82, 2.24) is 5.43 Å². The molecule has 106 valence electrons. The Labute approximate surface area is 119 Å². The van der Waals surface area contributed by atoms with Gasteiger partial charge in [0, 0.05) is 24.1 Å². The van der Waals surface area contributed by atoms with Crippen molar-refractivity contribution in [2.24, 2.45) is 16.9 Å². The Morgan fingerprint density at radius 3 is 2.80 bits per heavy atom. The van der Waals surface area contributed by atoms with Crippen molar-refractivity contribution < 1.29 is 4.79 Å². The quantitative estimate of drug-likeness (QED) is 0.782. The van der Waals surface area contributed by atoms with E-state index in [-0.39, 0.29) is 11.8 Å². The second kappa shape index (κ2) is 5.65. The van der Waals surface area contributed by atoms with Crippen LogP contribution in [0.25, 0.3) is 0 Å². The number of hydrogen-bond acceptors (Lipinski definition) is 3. The number of carbonyl (C=O) groups excluding carboxylic acids is 1. The normalized spacial score (nSPS) is 23.6. The van der Waals surface area contributed by atoms with Crippen molar-refractivity contribution in [2.45, 2.75) is 32.6 Å². The van der Waals surface area contributed by atoms with Crippen LogP contribution in [0.2, 0.25) is 0 Å². The number of nitrogens with zero attached hydrogens (tertiary/aromatic N) is 1. The van der Waals surface area contributed by atoms with Crippen LogP contribution in [-0.2, 0) is 4.79 Å². The lowest BCUT2D eigenvalue weighted by Crippen LogP contribution is -2.28. The van der Waals surface area contributed by atoms with Crippen molar-refractivity contribution >= 4 is 17.3 Å². The van der Waals surface area contributed by atoms with Gasteiger partial charge in [-0.15, -0.1) is 0 Å². The number of benzene rings is 1. The van der Waals surface area contributed by atoms with Gasteiger partial charge in [0.25, 0.3) is 0 Å². The summed E-state index contributed by atoms with van der Waals surface area (Å²) < 4.78 is 0. The SMILES string of the molecule is CCCCCNc1ccc(C2=NNC(=O)C3CC23)cc1. The molecular weight excluding hydrogens is 250 g/mol. The summed E-state index contributed by atoms with van der Waals surface area (Å²) in [6, 6.07) is 8.37. The number of hydrogen-bond donors (Lipinski definition) is 2. The molecule has 3 rings (SSSR count). The van der Waals surface area contributed by atoms with Crippen LogP contribution in [0.5, 0.6) is 0 Å². The van der Waals surface area contributed by atoms with Crippen LogP contribution in [0.15, 0.2) is 29.4 Å². The highest BCUT2D eigenvalue weighted by molar-refractivity contribution is 6.09. The van der Waals surface area contributed by atoms with Crippen molar-refractivity contribution in [2.75, 3.05) is 11.9 Å². The Balaban J connectivity index is 1.60. The summed E-state index contributed by atoms with van der Waals surface area (Å²) in [5.41, 5.74) is 5.93. The first kappa shape index (κ1) is 13.2. The molecule has 0 bridgehead atoms. The fraction of sp³-hybridized carbons (Fsp3) is 0.500. The number of nitrogens with one attached hydrogen (secondary N) is 2. The standard InChI is InChI=1S/C16H21N3O/c1-2-3-4-9-17-12-7-5-11(6-8-12)15-13-10-14(13)16(20)19-18-15/h5-8,13-14,17H,2-4,9-10H2,1H3,(H,19,20). The molecule has 4 nitrogen and oxygen atoms in total. The first-order valence-electron chi connectivity index (χ1n) is 7.51. The molecule has 0 saturated heterocycles. The van der Waals surface area contributed by atoms with Gasteiger partial charge in [0.15, 0.2) is 0 Å². The zero-order valence-corrected chi connectivity index (χ0v) is 11.9. The van der Waals surface area contributed by atoms with E-state index in [4.69, 9.17) is 0 Å². The zero-order valence-electron chi connectivity index (χ0n) is 11.9. The van der Waals surface area contributed by atoms with E-state index in [1.165, 1.54) is 19.3 Å². The molecule has 1 amide bonds. The lowest BCUT2D eigenvalue weighted by Gasteiger charge is -2.12. The van der Waals surface area contributed by atoms with E-state index in [9.17, 15) is 4.79 Å². The predicted molar refractivity (Wildman–Crippen MR) is 80.7 cm³/mol. The van der Waals surface area contributed by atoms with Gasteiger partial charge in [0.1, 0.15) is 0 Å². The monoisotopic (exact) mass is 271 g/mol. The molecule has 0 spiro atoms. The van der Waals surface area contributed by atoms with Crippen LogP contribution in [-0.4, -0.2) is 18.2 Å². The first-order valence-corrected chi connectivity index (χ1v) is 7.51. The van der Waals surface area contributed by atoms with Gasteiger partial charge < -0.3 is 5.32 Å². The Morgan fingerprint density at radius 2 is 2.05 bits per heavy atom. The van der Waals surface area contributed by atoms with Gasteiger partial charge in [-0.3, -0.25) is 4.79 Å². The molecule has 2 atom stereocenters. The van der Waals surface area contributed by atoms with E-state index in [0.717, 1.165) is 29.9 Å². The van der Waals surface area contributed by atoms with E-state index in [1.54, 1.807) is 0 Å². The summed E-state index contributed by atoms with van der Waals surface area (Å²) >= 11 is 0. The summed E-state index contributed by atoms with van der Waals surface area (Å²) in [5, 5.41) is 7.64. The molecule has 0 radical (unpaired) electrons. The number of amides is 1. The third kappa shape index (κ3) is 2.69. The van der Waals surface area contributed by atoms with E-state index in [1.807, 2.05) is 0 Å². The molecule has 1 aromatic rings. The van der Waals surface area contributed by atoms with E-state index in [0.29, 0.717) is 5.92 Å². The fourth-order valence-corrected chi connectivity index (χ4v) is 2.71. The van der Waals surface area contributed by atoms with Gasteiger partial charge in [-0.2, -0.15) is 5.10 Å². The summed E-state index contributed by atoms with van der Waals surface area (Å²) in [6.07, 6.45) is 4.67. The molecular formula is C16H21N3O. The van der Waals surface area contributed by atoms with E-state index in [2.05, 4.69) is 47.0 Å². The van der Waals surface area contributed by atoms with E-state index >= 15 is 0 Å². The first-order chi connectivity index (χ1) is 9.79. The molecule has 2 aliphatic rings. The second-order valence-electron chi connectivity index (χ2n) is 5.63. The summed E-state index contributed by atoms with van der Waals surface area (Å²) in [5.74, 6) is 0.578. The van der Waals surface area contributed by atoms with Crippen LogP contribution in [0.3, 0.4) is 0 Å². The maximum Gasteiger partial charge on any atom is 0.243 e. The highest BCUT2D eigenvalue weighted by atomic mass is 16.2. The van der Waals surface area contributed by atoms with Crippen molar-refractivity contribution in [1.29, 1.82) is 0 Å². The number of anilines is 1. The fourth-order valence-electron chi connectivity index (χ4n) is 2.71. The van der Waals surface area contributed by atoms with Crippen molar-refractivity contribution in [3.05, 3.63) is 29.8 Å². The van der Waals surface area contributed by atoms with Gasteiger partial charge in [0.05, 0.1) is 5.71 Å². The molecule has 1 aliphatic heterocycles. The van der Waals surface area contributed by atoms with Crippen LogP contribution in [0.1, 0.15) is 38.2 Å². The highest BCUT2D eigenvalue weighted by Gasteiger charge is 2.49. The zero-order chi connectivity index (χ0) is 13.9. The van der Waals surface area contributed by atoms with Crippen LogP contribution >= 0.6 is 0 Å². The Hall–Kier alpha value is -1.84. The molecule has 1 fully saturated rings. The molecule has 1 aliphatic carbocycles. The van der Waals surface area contributed by atoms with Crippen molar-refractivity contribution in [3.63, 3.8) is 0 Å². The minimum absolute atomic E-state index is 0.0768. The molecule has 1 aromatic carbocycles. The van der Waals surface area contributed by atoms with Crippen LogP contribution in [0.4, 0.5) is 5.69 Å². The highest BCUT2D eigenvalue weighted by Crippen LogP contribution is 2.43. The predicted octanol–water partition coefficient (Wildman–Crippen LogP) is 2.76. The van der Waals surface area contributed by atoms with Crippen LogP contribution < -0.4 is 10.7 Å². The topological polar surface area (TPSA) is 53.5 Å². The maximum atomic E-state index is 11.4. The van der Waals surface area contributed by atoms with Crippen LogP contribution in [0, 0.1) is 11.8 Å². The average Bonchev–Trinajstić information content (AvgIpc) is 3.26. The summed E-state index contributed by atoms with van der Waals surface area (Å²) in [7, 11) is 0. The molecule has 1 saturated carbocycles. The summed E-state index contributed by atoms with van der Waals surface area (Å²) in [4.78, 5) is 11.4. The lowest BCUT2D eigenvalue weighted by atomic mass is 10.0. The minimum Gasteiger partial charge on any atom is -0.385 e. The van der Waals surface area contributed by atoms with Gasteiger partial charge >= 0.3 is 0 Å². The molecule has 4 heteroatoms. The lowest BCUT2D eigenvalue weighted by molar-refractivity contribution is -0.122. The molecule has 0 aromatic heterocycles. The third-order valence-corrected chi connectivity index (χ3v) is 4.06. The van der Waals surface area contributed by atoms with Gasteiger partial charge in [-0.25, -0.2) is 5.43 Å². The number of fused-ring (bicyclic) bond motifs is 1. The average molecular weight is 271 g/mol. The smallest absolute Gasteiger partial charge is 0.243 e. The Bertz CT molecular complexity index is 521. The number of carbonyl (C=O) groups is 1. The minimum atomic E-state index is 0.0768. The Kier molecular flexibility index (Phi) is 3.72.